The summed E-state index contributed by atoms with van der Waals surface area (Å²) < 4.78 is 29.0. The SMILES string of the molecule is CC(C)COCCOCCOCCOCCOCCn1cc(CN2C(=O)CC(C(C)C)C2=O)nn1. The molecular weight excluding hydrogens is 456 g/mol. The number of imide groups is 1. The van der Waals surface area contributed by atoms with E-state index in [0.29, 0.717) is 77.6 Å². The number of aromatic nitrogens is 3. The topological polar surface area (TPSA) is 114 Å². The van der Waals surface area contributed by atoms with Crippen molar-refractivity contribution in [2.75, 3.05) is 66.1 Å². The lowest BCUT2D eigenvalue weighted by atomic mass is 9.94. The van der Waals surface area contributed by atoms with Crippen LogP contribution in [0.5, 0.6) is 0 Å². The van der Waals surface area contributed by atoms with Gasteiger partial charge in [-0.3, -0.25) is 14.5 Å². The van der Waals surface area contributed by atoms with Gasteiger partial charge in [0.05, 0.1) is 78.7 Å². The fourth-order valence-corrected chi connectivity index (χ4v) is 3.43. The minimum absolute atomic E-state index is 0.121. The maximum Gasteiger partial charge on any atom is 0.233 e. The minimum Gasteiger partial charge on any atom is -0.379 e. The Morgan fingerprint density at radius 3 is 1.91 bits per heavy atom. The molecule has 1 saturated heterocycles. The van der Waals surface area contributed by atoms with Gasteiger partial charge in [0.1, 0.15) is 5.69 Å². The van der Waals surface area contributed by atoms with Gasteiger partial charge in [-0.1, -0.05) is 32.9 Å². The summed E-state index contributed by atoms with van der Waals surface area (Å²) in [6.45, 7) is 14.3. The predicted molar refractivity (Wildman–Crippen MR) is 127 cm³/mol. The number of hydrogen-bond donors (Lipinski definition) is 0. The highest BCUT2D eigenvalue weighted by Crippen LogP contribution is 2.27. The van der Waals surface area contributed by atoms with Gasteiger partial charge < -0.3 is 23.7 Å². The van der Waals surface area contributed by atoms with Crippen molar-refractivity contribution in [3.8, 4) is 0 Å². The zero-order chi connectivity index (χ0) is 25.5. The van der Waals surface area contributed by atoms with E-state index in [4.69, 9.17) is 23.7 Å². The maximum atomic E-state index is 12.4. The Balaban J connectivity index is 1.42. The lowest BCUT2D eigenvalue weighted by Crippen LogP contribution is -2.31. The Morgan fingerprint density at radius 1 is 0.857 bits per heavy atom. The van der Waals surface area contributed by atoms with E-state index >= 15 is 0 Å². The molecule has 11 nitrogen and oxygen atoms in total. The van der Waals surface area contributed by atoms with E-state index in [0.717, 1.165) is 6.61 Å². The molecule has 0 bridgehead atoms. The van der Waals surface area contributed by atoms with E-state index in [-0.39, 0.29) is 36.6 Å². The first-order valence-electron chi connectivity index (χ1n) is 12.5. The fraction of sp³-hybridized carbons (Fsp3) is 0.833. The van der Waals surface area contributed by atoms with Crippen molar-refractivity contribution in [2.45, 2.75) is 47.2 Å². The molecule has 1 unspecified atom stereocenters. The van der Waals surface area contributed by atoms with Crippen molar-refractivity contribution in [3.05, 3.63) is 11.9 Å². The van der Waals surface area contributed by atoms with Crippen LogP contribution in [0.3, 0.4) is 0 Å². The largest absolute Gasteiger partial charge is 0.379 e. The van der Waals surface area contributed by atoms with Crippen LogP contribution in [0.25, 0.3) is 0 Å². The molecule has 0 aromatic carbocycles. The molecular formula is C24H42N4O7. The van der Waals surface area contributed by atoms with Crippen LogP contribution < -0.4 is 0 Å². The normalized spacial score (nSPS) is 16.4. The first kappa shape index (κ1) is 29.3. The zero-order valence-corrected chi connectivity index (χ0v) is 21.6. The highest BCUT2D eigenvalue weighted by molar-refractivity contribution is 6.03. The highest BCUT2D eigenvalue weighted by Gasteiger charge is 2.40. The fourth-order valence-electron chi connectivity index (χ4n) is 3.43. The van der Waals surface area contributed by atoms with Crippen molar-refractivity contribution < 1.29 is 33.3 Å². The molecule has 2 rings (SSSR count). The highest BCUT2D eigenvalue weighted by atomic mass is 16.6. The summed E-state index contributed by atoms with van der Waals surface area (Å²) in [5.41, 5.74) is 0.587. The van der Waals surface area contributed by atoms with Crippen LogP contribution in [0.1, 0.15) is 39.8 Å². The lowest BCUT2D eigenvalue weighted by Gasteiger charge is -2.14. The van der Waals surface area contributed by atoms with Crippen molar-refractivity contribution in [1.82, 2.24) is 19.9 Å². The third-order valence-electron chi connectivity index (χ3n) is 5.39. The monoisotopic (exact) mass is 498 g/mol. The first-order valence-corrected chi connectivity index (χ1v) is 12.5. The lowest BCUT2D eigenvalue weighted by molar-refractivity contribution is -0.140. The van der Waals surface area contributed by atoms with E-state index in [1.807, 2.05) is 13.8 Å². The molecule has 0 radical (unpaired) electrons. The third-order valence-corrected chi connectivity index (χ3v) is 5.39. The van der Waals surface area contributed by atoms with Crippen LogP contribution in [-0.4, -0.2) is 97.8 Å². The van der Waals surface area contributed by atoms with E-state index in [1.54, 1.807) is 10.9 Å². The second-order valence-electron chi connectivity index (χ2n) is 9.26. The Hall–Kier alpha value is -1.92. The van der Waals surface area contributed by atoms with E-state index in [9.17, 15) is 9.59 Å². The molecule has 1 aliphatic rings. The Bertz CT molecular complexity index is 741. The van der Waals surface area contributed by atoms with E-state index in [1.165, 1.54) is 4.90 Å². The number of likely N-dealkylation sites (tertiary alicyclic amines) is 1. The molecule has 1 fully saturated rings. The molecule has 0 saturated carbocycles. The number of carbonyl (C=O) groups excluding carboxylic acids is 2. The molecule has 0 aliphatic carbocycles. The molecule has 1 aromatic heterocycles. The van der Waals surface area contributed by atoms with Gasteiger partial charge in [-0.05, 0) is 11.8 Å². The Labute approximate surface area is 208 Å². The summed E-state index contributed by atoms with van der Waals surface area (Å²) in [5, 5.41) is 8.12. The van der Waals surface area contributed by atoms with Crippen molar-refractivity contribution in [2.24, 2.45) is 17.8 Å². The number of carbonyl (C=O) groups is 2. The van der Waals surface area contributed by atoms with Crippen LogP contribution in [0.15, 0.2) is 6.20 Å². The van der Waals surface area contributed by atoms with Crippen molar-refractivity contribution >= 4 is 11.8 Å². The van der Waals surface area contributed by atoms with E-state index < -0.39 is 0 Å². The molecule has 11 heteroatoms. The predicted octanol–water partition coefficient (Wildman–Crippen LogP) is 1.55. The average molecular weight is 499 g/mol. The average Bonchev–Trinajstić information content (AvgIpc) is 3.38. The van der Waals surface area contributed by atoms with Crippen LogP contribution in [-0.2, 0) is 46.4 Å². The third kappa shape index (κ3) is 11.6. The van der Waals surface area contributed by atoms with Crippen LogP contribution in [0.4, 0.5) is 0 Å². The summed E-state index contributed by atoms with van der Waals surface area (Å²) in [4.78, 5) is 25.9. The smallest absolute Gasteiger partial charge is 0.233 e. The molecule has 2 amide bonds. The zero-order valence-electron chi connectivity index (χ0n) is 21.6. The number of nitrogens with zero attached hydrogens (tertiary/aromatic N) is 4. The van der Waals surface area contributed by atoms with Crippen molar-refractivity contribution in [3.63, 3.8) is 0 Å². The van der Waals surface area contributed by atoms with Gasteiger partial charge in [-0.25, -0.2) is 4.68 Å². The maximum absolute atomic E-state index is 12.4. The van der Waals surface area contributed by atoms with E-state index in [2.05, 4.69) is 24.2 Å². The van der Waals surface area contributed by atoms with Gasteiger partial charge in [0.2, 0.25) is 11.8 Å². The summed E-state index contributed by atoms with van der Waals surface area (Å²) in [6, 6.07) is 0. The summed E-state index contributed by atoms with van der Waals surface area (Å²) in [5.74, 6) is 0.178. The molecule has 2 heterocycles. The second-order valence-corrected chi connectivity index (χ2v) is 9.26. The summed E-state index contributed by atoms with van der Waals surface area (Å²) >= 11 is 0. The first-order chi connectivity index (χ1) is 16.9. The van der Waals surface area contributed by atoms with Gasteiger partial charge in [0, 0.05) is 18.9 Å². The molecule has 1 aliphatic heterocycles. The standard InChI is InChI=1S/C24H42N4O7/c1-19(2)18-35-14-13-34-12-11-33-10-9-32-8-7-31-6-5-27-16-21(25-26-27)17-28-23(29)15-22(20(3)4)24(28)30/h16,19-20,22H,5-15,17-18H2,1-4H3. The van der Waals surface area contributed by atoms with Gasteiger partial charge in [-0.2, -0.15) is 0 Å². The van der Waals surface area contributed by atoms with Crippen molar-refractivity contribution in [1.29, 1.82) is 0 Å². The molecule has 0 spiro atoms. The van der Waals surface area contributed by atoms with Gasteiger partial charge >= 0.3 is 0 Å². The molecule has 0 N–H and O–H groups in total. The van der Waals surface area contributed by atoms with Crippen LogP contribution in [0, 0.1) is 17.8 Å². The molecule has 200 valence electrons. The number of amides is 2. The molecule has 1 aromatic rings. The van der Waals surface area contributed by atoms with Gasteiger partial charge in [-0.15, -0.1) is 5.10 Å². The molecule has 1 atom stereocenters. The Kier molecular flexibility index (Phi) is 14.0. The van der Waals surface area contributed by atoms with Crippen LogP contribution in [0.2, 0.25) is 0 Å². The molecule has 35 heavy (non-hydrogen) atoms. The van der Waals surface area contributed by atoms with Gasteiger partial charge in [0.15, 0.2) is 0 Å². The quantitative estimate of drug-likeness (QED) is 0.195. The summed E-state index contributed by atoms with van der Waals surface area (Å²) in [6.07, 6.45) is 2.01. The number of hydrogen-bond acceptors (Lipinski definition) is 9. The number of ether oxygens (including phenoxy) is 5. The number of rotatable bonds is 20. The van der Waals surface area contributed by atoms with Gasteiger partial charge in [0.25, 0.3) is 0 Å². The second kappa shape index (κ2) is 16.7. The minimum atomic E-state index is -0.237. The summed E-state index contributed by atoms with van der Waals surface area (Å²) in [7, 11) is 0. The Morgan fingerprint density at radius 2 is 1.40 bits per heavy atom. The van der Waals surface area contributed by atoms with Crippen LogP contribution >= 0.6 is 0 Å².